The Bertz CT molecular complexity index is 1220. The quantitative estimate of drug-likeness (QED) is 0.379. The van der Waals surface area contributed by atoms with Gasteiger partial charge in [-0.1, -0.05) is 18.2 Å². The van der Waals surface area contributed by atoms with E-state index in [1.165, 1.54) is 11.1 Å². The first-order chi connectivity index (χ1) is 15.5. The van der Waals surface area contributed by atoms with E-state index >= 15 is 0 Å². The maximum Gasteiger partial charge on any atom is 0.254 e. The molecule has 6 nitrogen and oxygen atoms in total. The molecule has 0 fully saturated rings. The van der Waals surface area contributed by atoms with Crippen molar-refractivity contribution < 1.29 is 9.53 Å². The highest BCUT2D eigenvalue weighted by Crippen LogP contribution is 2.20. The third-order valence-corrected chi connectivity index (χ3v) is 5.66. The Hall–Kier alpha value is -3.67. The highest BCUT2D eigenvalue weighted by Gasteiger charge is 2.17. The molecule has 0 unspecified atom stereocenters. The topological polar surface area (TPSA) is 60.2 Å². The Morgan fingerprint density at radius 1 is 1.03 bits per heavy atom. The van der Waals surface area contributed by atoms with E-state index in [1.54, 1.807) is 36.5 Å². The number of aryl methyl sites for hydroxylation is 3. The van der Waals surface area contributed by atoms with Crippen LogP contribution in [0.5, 0.6) is 5.75 Å². The summed E-state index contributed by atoms with van der Waals surface area (Å²) in [4.78, 5) is 23.3. The van der Waals surface area contributed by atoms with Gasteiger partial charge in [0.05, 0.1) is 24.2 Å². The first kappa shape index (κ1) is 21.6. The number of aromatic nitrogens is 3. The van der Waals surface area contributed by atoms with Crippen molar-refractivity contribution in [1.82, 2.24) is 19.4 Å². The van der Waals surface area contributed by atoms with Gasteiger partial charge in [-0.15, -0.1) is 0 Å². The molecule has 4 aromatic rings. The maximum absolute atomic E-state index is 12.8. The predicted octanol–water partition coefficient (Wildman–Crippen LogP) is 4.79. The number of carbonyl (C=O) groups excluding carboxylic acids is 1. The molecule has 0 aliphatic rings. The normalized spacial score (nSPS) is 11.0. The van der Waals surface area contributed by atoms with Crippen molar-refractivity contribution in [2.24, 2.45) is 0 Å². The van der Waals surface area contributed by atoms with E-state index in [-0.39, 0.29) is 5.91 Å². The van der Waals surface area contributed by atoms with Gasteiger partial charge in [0, 0.05) is 31.5 Å². The Morgan fingerprint density at radius 3 is 2.59 bits per heavy atom. The summed E-state index contributed by atoms with van der Waals surface area (Å²) in [5.74, 6) is 1.71. The lowest BCUT2D eigenvalue weighted by molar-refractivity contribution is 0.0780. The summed E-state index contributed by atoms with van der Waals surface area (Å²) in [7, 11) is 1.80. The van der Waals surface area contributed by atoms with Crippen molar-refractivity contribution in [3.8, 4) is 5.75 Å². The van der Waals surface area contributed by atoms with Gasteiger partial charge in [-0.3, -0.25) is 9.78 Å². The summed E-state index contributed by atoms with van der Waals surface area (Å²) in [6.07, 6.45) is 4.10. The lowest BCUT2D eigenvalue weighted by Crippen LogP contribution is -2.28. The van der Waals surface area contributed by atoms with Crippen molar-refractivity contribution in [1.29, 1.82) is 0 Å². The highest BCUT2D eigenvalue weighted by atomic mass is 16.5. The van der Waals surface area contributed by atoms with Crippen LogP contribution >= 0.6 is 0 Å². The van der Waals surface area contributed by atoms with Crippen LogP contribution in [0.4, 0.5) is 0 Å². The summed E-state index contributed by atoms with van der Waals surface area (Å²) < 4.78 is 8.15. The van der Waals surface area contributed by atoms with Gasteiger partial charge in [0.25, 0.3) is 5.91 Å². The summed E-state index contributed by atoms with van der Waals surface area (Å²) in [5, 5.41) is 0. The minimum absolute atomic E-state index is 0.0518. The molecule has 0 atom stereocenters. The minimum Gasteiger partial charge on any atom is -0.494 e. The Morgan fingerprint density at radius 2 is 1.81 bits per heavy atom. The Labute approximate surface area is 188 Å². The third-order valence-electron chi connectivity index (χ3n) is 5.66. The average Bonchev–Trinajstić information content (AvgIpc) is 3.16. The summed E-state index contributed by atoms with van der Waals surface area (Å²) >= 11 is 0. The first-order valence-corrected chi connectivity index (χ1v) is 10.8. The van der Waals surface area contributed by atoms with E-state index in [0.717, 1.165) is 35.6 Å². The van der Waals surface area contributed by atoms with E-state index in [9.17, 15) is 4.79 Å². The number of hydrogen-bond donors (Lipinski definition) is 0. The second-order valence-corrected chi connectivity index (χ2v) is 8.01. The molecule has 6 heteroatoms. The minimum atomic E-state index is -0.0518. The van der Waals surface area contributed by atoms with Crippen molar-refractivity contribution in [2.75, 3.05) is 13.7 Å². The van der Waals surface area contributed by atoms with Crippen LogP contribution in [-0.4, -0.2) is 39.0 Å². The third kappa shape index (κ3) is 4.80. The number of imidazole rings is 1. The maximum atomic E-state index is 12.8. The Balaban J connectivity index is 1.46. The summed E-state index contributed by atoms with van der Waals surface area (Å²) in [6.45, 7) is 5.99. The number of fused-ring (bicyclic) bond motifs is 1. The summed E-state index contributed by atoms with van der Waals surface area (Å²) in [5.41, 5.74) is 5.11. The van der Waals surface area contributed by atoms with Crippen LogP contribution in [-0.2, 0) is 13.1 Å². The number of amides is 1. The number of carbonyl (C=O) groups is 1. The van der Waals surface area contributed by atoms with E-state index in [2.05, 4.69) is 41.6 Å². The molecule has 2 aromatic carbocycles. The fourth-order valence-corrected chi connectivity index (χ4v) is 3.71. The number of rotatable bonds is 8. The SMILES string of the molecule is Cc1ccc(OCCCn2c(CN(C)C(=O)c3ccncc3)nc3ccccc32)cc1C. The zero-order chi connectivity index (χ0) is 22.5. The van der Waals surface area contributed by atoms with E-state index in [0.29, 0.717) is 18.7 Å². The number of benzene rings is 2. The van der Waals surface area contributed by atoms with Crippen molar-refractivity contribution in [2.45, 2.75) is 33.4 Å². The van der Waals surface area contributed by atoms with Gasteiger partial charge in [-0.05, 0) is 67.8 Å². The van der Waals surface area contributed by atoms with E-state index < -0.39 is 0 Å². The molecule has 0 radical (unpaired) electrons. The molecule has 2 heterocycles. The zero-order valence-electron chi connectivity index (χ0n) is 18.8. The van der Waals surface area contributed by atoms with Gasteiger partial charge in [-0.2, -0.15) is 0 Å². The van der Waals surface area contributed by atoms with Gasteiger partial charge >= 0.3 is 0 Å². The fraction of sp³-hybridized carbons (Fsp3) is 0.269. The molecule has 32 heavy (non-hydrogen) atoms. The van der Waals surface area contributed by atoms with Crippen molar-refractivity contribution in [3.63, 3.8) is 0 Å². The molecule has 0 aliphatic carbocycles. The molecular weight excluding hydrogens is 400 g/mol. The van der Waals surface area contributed by atoms with Crippen LogP contribution in [0.2, 0.25) is 0 Å². The lowest BCUT2D eigenvalue weighted by atomic mass is 10.1. The fourth-order valence-electron chi connectivity index (χ4n) is 3.71. The monoisotopic (exact) mass is 428 g/mol. The van der Waals surface area contributed by atoms with Crippen LogP contribution in [0.25, 0.3) is 11.0 Å². The molecule has 0 N–H and O–H groups in total. The molecule has 4 rings (SSSR count). The van der Waals surface area contributed by atoms with E-state index in [1.807, 2.05) is 24.3 Å². The highest BCUT2D eigenvalue weighted by molar-refractivity contribution is 5.93. The lowest BCUT2D eigenvalue weighted by Gasteiger charge is -2.18. The van der Waals surface area contributed by atoms with E-state index in [4.69, 9.17) is 9.72 Å². The number of ether oxygens (including phenoxy) is 1. The van der Waals surface area contributed by atoms with Gasteiger partial charge in [0.2, 0.25) is 0 Å². The molecule has 0 saturated heterocycles. The number of nitrogens with zero attached hydrogens (tertiary/aromatic N) is 4. The van der Waals surface area contributed by atoms with Crippen LogP contribution in [0, 0.1) is 13.8 Å². The number of para-hydroxylation sites is 2. The predicted molar refractivity (Wildman–Crippen MR) is 126 cm³/mol. The van der Waals surface area contributed by atoms with Crippen LogP contribution in [0.15, 0.2) is 67.0 Å². The zero-order valence-corrected chi connectivity index (χ0v) is 18.8. The van der Waals surface area contributed by atoms with Gasteiger partial charge in [0.15, 0.2) is 0 Å². The number of pyridine rings is 1. The van der Waals surface area contributed by atoms with Gasteiger partial charge in [0.1, 0.15) is 11.6 Å². The van der Waals surface area contributed by atoms with Gasteiger partial charge in [-0.25, -0.2) is 4.98 Å². The average molecular weight is 429 g/mol. The largest absolute Gasteiger partial charge is 0.494 e. The van der Waals surface area contributed by atoms with Gasteiger partial charge < -0.3 is 14.2 Å². The van der Waals surface area contributed by atoms with Crippen LogP contribution < -0.4 is 4.74 Å². The van der Waals surface area contributed by atoms with Crippen LogP contribution in [0.3, 0.4) is 0 Å². The summed E-state index contributed by atoms with van der Waals surface area (Å²) in [6, 6.07) is 17.7. The second kappa shape index (κ2) is 9.64. The van der Waals surface area contributed by atoms with Crippen molar-refractivity contribution in [3.05, 3.63) is 89.5 Å². The standard InChI is InChI=1S/C26H28N4O2/c1-19-9-10-22(17-20(19)2)32-16-6-15-30-24-8-5-4-7-23(24)28-25(30)18-29(3)26(31)21-11-13-27-14-12-21/h4-5,7-14,17H,6,15-16,18H2,1-3H3. The first-order valence-electron chi connectivity index (χ1n) is 10.8. The number of hydrogen-bond acceptors (Lipinski definition) is 4. The Kier molecular flexibility index (Phi) is 6.50. The molecule has 1 amide bonds. The van der Waals surface area contributed by atoms with Crippen molar-refractivity contribution >= 4 is 16.9 Å². The molecule has 0 spiro atoms. The smallest absolute Gasteiger partial charge is 0.254 e. The van der Waals surface area contributed by atoms with Crippen LogP contribution in [0.1, 0.15) is 33.7 Å². The molecule has 2 aromatic heterocycles. The molecule has 0 bridgehead atoms. The second-order valence-electron chi connectivity index (χ2n) is 8.01. The molecule has 0 saturated carbocycles. The molecular formula is C26H28N4O2. The molecule has 0 aliphatic heterocycles. The molecule has 164 valence electrons.